The molecule has 0 saturated carbocycles. The minimum absolute atomic E-state index is 0.283. The molecule has 21 heavy (non-hydrogen) atoms. The molecule has 0 unspecified atom stereocenters. The highest BCUT2D eigenvalue weighted by Crippen LogP contribution is 2.24. The van der Waals surface area contributed by atoms with Crippen molar-refractivity contribution < 1.29 is 4.39 Å². The van der Waals surface area contributed by atoms with Gasteiger partial charge in [-0.25, -0.2) is 9.07 Å². The van der Waals surface area contributed by atoms with Crippen LogP contribution in [-0.4, -0.2) is 20.2 Å². The van der Waals surface area contributed by atoms with Gasteiger partial charge in [0.25, 0.3) is 0 Å². The molecule has 2 aromatic carbocycles. The van der Waals surface area contributed by atoms with Crippen molar-refractivity contribution in [3.05, 3.63) is 58.3 Å². The van der Waals surface area contributed by atoms with E-state index >= 15 is 0 Å². The van der Waals surface area contributed by atoms with Crippen LogP contribution in [0.1, 0.15) is 5.56 Å². The molecule has 3 rings (SSSR count). The molecule has 0 saturated heterocycles. The maximum absolute atomic E-state index is 13.2. The molecule has 1 heterocycles. The standard InChI is InChI=1S/C14H11BrFN5/c15-11-5-10(6-13(17)7-11)14-18-19-20-21(14)8-9-2-1-3-12(16)4-9/h1-7H,8,17H2. The third-order valence-corrected chi connectivity index (χ3v) is 3.39. The quantitative estimate of drug-likeness (QED) is 0.739. The van der Waals surface area contributed by atoms with Crippen LogP contribution < -0.4 is 5.73 Å². The highest BCUT2D eigenvalue weighted by Gasteiger charge is 2.11. The maximum atomic E-state index is 13.2. The van der Waals surface area contributed by atoms with Crippen LogP contribution in [0, 0.1) is 5.82 Å². The third-order valence-electron chi connectivity index (χ3n) is 2.93. The summed E-state index contributed by atoms with van der Waals surface area (Å²) in [6.45, 7) is 0.381. The molecule has 7 heteroatoms. The van der Waals surface area contributed by atoms with E-state index in [4.69, 9.17) is 5.73 Å². The monoisotopic (exact) mass is 347 g/mol. The van der Waals surface area contributed by atoms with Gasteiger partial charge in [-0.15, -0.1) is 5.10 Å². The number of hydrogen-bond donors (Lipinski definition) is 1. The van der Waals surface area contributed by atoms with Gasteiger partial charge in [0.2, 0.25) is 0 Å². The number of nitrogens with zero attached hydrogens (tertiary/aromatic N) is 4. The zero-order chi connectivity index (χ0) is 14.8. The summed E-state index contributed by atoms with van der Waals surface area (Å²) in [6, 6.07) is 11.8. The van der Waals surface area contributed by atoms with Crippen molar-refractivity contribution in [2.24, 2.45) is 0 Å². The predicted octanol–water partition coefficient (Wildman–Crippen LogP) is 2.87. The van der Waals surface area contributed by atoms with E-state index in [2.05, 4.69) is 31.5 Å². The lowest BCUT2D eigenvalue weighted by molar-refractivity contribution is 0.615. The third kappa shape index (κ3) is 3.08. The zero-order valence-electron chi connectivity index (χ0n) is 10.9. The number of nitrogen functional groups attached to an aromatic ring is 1. The Morgan fingerprint density at radius 1 is 1.19 bits per heavy atom. The Morgan fingerprint density at radius 2 is 2.05 bits per heavy atom. The lowest BCUT2D eigenvalue weighted by atomic mass is 10.2. The Hall–Kier alpha value is -2.28. The van der Waals surface area contributed by atoms with Crippen LogP contribution in [0.5, 0.6) is 0 Å². The zero-order valence-corrected chi connectivity index (χ0v) is 12.5. The smallest absolute Gasteiger partial charge is 0.182 e. The topological polar surface area (TPSA) is 69.6 Å². The number of hydrogen-bond acceptors (Lipinski definition) is 4. The lowest BCUT2D eigenvalue weighted by Crippen LogP contribution is -2.05. The summed E-state index contributed by atoms with van der Waals surface area (Å²) < 4.78 is 15.7. The van der Waals surface area contributed by atoms with E-state index in [0.717, 1.165) is 15.6 Å². The molecule has 0 amide bonds. The fourth-order valence-electron chi connectivity index (χ4n) is 2.07. The lowest BCUT2D eigenvalue weighted by Gasteiger charge is -2.06. The van der Waals surface area contributed by atoms with Gasteiger partial charge in [0.1, 0.15) is 5.82 Å². The Kier molecular flexibility index (Phi) is 3.66. The first kappa shape index (κ1) is 13.7. The molecule has 0 radical (unpaired) electrons. The summed E-state index contributed by atoms with van der Waals surface area (Å²) in [5.41, 5.74) is 8.02. The predicted molar refractivity (Wildman–Crippen MR) is 80.9 cm³/mol. The molecule has 0 atom stereocenters. The number of anilines is 1. The minimum atomic E-state index is -0.283. The Morgan fingerprint density at radius 3 is 2.81 bits per heavy atom. The van der Waals surface area contributed by atoms with E-state index in [1.165, 1.54) is 12.1 Å². The SMILES string of the molecule is Nc1cc(Br)cc(-c2nnnn2Cc2cccc(F)c2)c1. The highest BCUT2D eigenvalue weighted by molar-refractivity contribution is 9.10. The van der Waals surface area contributed by atoms with Crippen molar-refractivity contribution in [1.82, 2.24) is 20.2 Å². The summed E-state index contributed by atoms with van der Waals surface area (Å²) in [4.78, 5) is 0. The Balaban J connectivity index is 1.97. The average molecular weight is 348 g/mol. The molecular formula is C14H11BrFN5. The van der Waals surface area contributed by atoms with Crippen molar-refractivity contribution >= 4 is 21.6 Å². The van der Waals surface area contributed by atoms with Crippen molar-refractivity contribution in [2.45, 2.75) is 6.54 Å². The molecular weight excluding hydrogens is 337 g/mol. The van der Waals surface area contributed by atoms with Gasteiger partial charge in [-0.2, -0.15) is 0 Å². The normalized spacial score (nSPS) is 10.8. The van der Waals surface area contributed by atoms with Crippen molar-refractivity contribution in [3.8, 4) is 11.4 Å². The number of tetrazole rings is 1. The summed E-state index contributed by atoms with van der Waals surface area (Å²) in [5.74, 6) is 0.293. The van der Waals surface area contributed by atoms with Gasteiger partial charge >= 0.3 is 0 Å². The van der Waals surface area contributed by atoms with Crippen LogP contribution in [0.2, 0.25) is 0 Å². The second-order valence-electron chi connectivity index (χ2n) is 4.56. The first-order chi connectivity index (χ1) is 10.1. The van der Waals surface area contributed by atoms with Gasteiger partial charge in [0.05, 0.1) is 6.54 Å². The first-order valence-corrected chi connectivity index (χ1v) is 6.98. The summed E-state index contributed by atoms with van der Waals surface area (Å²) in [6.07, 6.45) is 0. The number of halogens is 2. The molecule has 0 spiro atoms. The van der Waals surface area contributed by atoms with Crippen molar-refractivity contribution in [1.29, 1.82) is 0 Å². The van der Waals surface area contributed by atoms with E-state index in [0.29, 0.717) is 18.1 Å². The molecule has 2 N–H and O–H groups in total. The molecule has 106 valence electrons. The van der Waals surface area contributed by atoms with E-state index in [1.807, 2.05) is 12.1 Å². The van der Waals surface area contributed by atoms with E-state index in [9.17, 15) is 4.39 Å². The van der Waals surface area contributed by atoms with Gasteiger partial charge in [-0.05, 0) is 46.3 Å². The van der Waals surface area contributed by atoms with Crippen LogP contribution in [0.3, 0.4) is 0 Å². The van der Waals surface area contributed by atoms with Crippen LogP contribution in [-0.2, 0) is 6.54 Å². The second-order valence-corrected chi connectivity index (χ2v) is 5.48. The largest absolute Gasteiger partial charge is 0.399 e. The van der Waals surface area contributed by atoms with Crippen LogP contribution in [0.25, 0.3) is 11.4 Å². The fraction of sp³-hybridized carbons (Fsp3) is 0.0714. The Labute approximate surface area is 128 Å². The fourth-order valence-corrected chi connectivity index (χ4v) is 2.58. The van der Waals surface area contributed by atoms with Crippen LogP contribution in [0.4, 0.5) is 10.1 Å². The number of aromatic nitrogens is 4. The first-order valence-electron chi connectivity index (χ1n) is 6.19. The summed E-state index contributed by atoms with van der Waals surface area (Å²) >= 11 is 3.39. The number of rotatable bonds is 3. The van der Waals surface area contributed by atoms with Gasteiger partial charge < -0.3 is 5.73 Å². The summed E-state index contributed by atoms with van der Waals surface area (Å²) in [7, 11) is 0. The molecule has 1 aromatic heterocycles. The van der Waals surface area contributed by atoms with Crippen molar-refractivity contribution in [2.75, 3.05) is 5.73 Å². The second kappa shape index (κ2) is 5.61. The van der Waals surface area contributed by atoms with Crippen LogP contribution >= 0.6 is 15.9 Å². The molecule has 0 fully saturated rings. The molecule has 0 bridgehead atoms. The molecule has 0 aliphatic carbocycles. The average Bonchev–Trinajstić information content (AvgIpc) is 2.85. The summed E-state index contributed by atoms with van der Waals surface area (Å²) in [5, 5.41) is 11.7. The van der Waals surface area contributed by atoms with Gasteiger partial charge in [0, 0.05) is 15.7 Å². The van der Waals surface area contributed by atoms with Gasteiger partial charge in [-0.1, -0.05) is 28.1 Å². The van der Waals surface area contributed by atoms with Gasteiger partial charge in [-0.3, -0.25) is 0 Å². The van der Waals surface area contributed by atoms with Crippen LogP contribution in [0.15, 0.2) is 46.9 Å². The van der Waals surface area contributed by atoms with Gasteiger partial charge in [0.15, 0.2) is 5.82 Å². The highest BCUT2D eigenvalue weighted by atomic mass is 79.9. The minimum Gasteiger partial charge on any atom is -0.399 e. The molecule has 5 nitrogen and oxygen atoms in total. The van der Waals surface area contributed by atoms with Crippen molar-refractivity contribution in [3.63, 3.8) is 0 Å². The number of benzene rings is 2. The molecule has 3 aromatic rings. The van der Waals surface area contributed by atoms with E-state index in [-0.39, 0.29) is 5.82 Å². The maximum Gasteiger partial charge on any atom is 0.182 e. The Bertz CT molecular complexity index is 766. The molecule has 0 aliphatic rings. The van der Waals surface area contributed by atoms with E-state index < -0.39 is 0 Å². The number of nitrogens with two attached hydrogens (primary N) is 1. The molecule has 0 aliphatic heterocycles. The van der Waals surface area contributed by atoms with E-state index in [1.54, 1.807) is 22.9 Å².